The summed E-state index contributed by atoms with van der Waals surface area (Å²) in [4.78, 5) is 49.2. The van der Waals surface area contributed by atoms with Gasteiger partial charge in [0.15, 0.2) is 0 Å². The van der Waals surface area contributed by atoms with E-state index in [0.29, 0.717) is 24.3 Å². The first-order valence-corrected chi connectivity index (χ1v) is 13.4. The predicted molar refractivity (Wildman–Crippen MR) is 133 cm³/mol. The van der Waals surface area contributed by atoms with Gasteiger partial charge in [0.25, 0.3) is 0 Å². The predicted octanol–water partition coefficient (Wildman–Crippen LogP) is 0.622. The highest BCUT2D eigenvalue weighted by atomic mass is 32.2. The summed E-state index contributed by atoms with van der Waals surface area (Å²) in [5, 5.41) is 17.1. The lowest BCUT2D eigenvalue weighted by atomic mass is 10.1. The highest BCUT2D eigenvalue weighted by Crippen LogP contribution is 2.06. The summed E-state index contributed by atoms with van der Waals surface area (Å²) in [5.41, 5.74) is 6.87. The van der Waals surface area contributed by atoms with Crippen LogP contribution in [-0.4, -0.2) is 77.0 Å². The highest BCUT2D eigenvalue weighted by Gasteiger charge is 2.28. The standard InChI is InChI=1S/C22H34N4O5S2/c1-14(24-20(28)16(23)13-15-7-5-4-6-8-15)19(27)25-17(9-11-32-2)21(29)26-18(22(30)31)10-12-33-3/h4-8,14,16-18H,9-13,23H2,1-3H3,(H,24,28)(H,25,27)(H,26,29)(H,30,31). The zero-order chi connectivity index (χ0) is 24.8. The molecule has 1 aromatic rings. The Labute approximate surface area is 203 Å². The van der Waals surface area contributed by atoms with Gasteiger partial charge in [0.05, 0.1) is 6.04 Å². The Morgan fingerprint density at radius 1 is 0.879 bits per heavy atom. The van der Waals surface area contributed by atoms with E-state index in [0.717, 1.165) is 5.56 Å². The molecule has 0 bridgehead atoms. The van der Waals surface area contributed by atoms with E-state index in [1.54, 1.807) is 0 Å². The van der Waals surface area contributed by atoms with Crippen molar-refractivity contribution in [2.24, 2.45) is 5.73 Å². The number of nitrogens with one attached hydrogen (secondary N) is 3. The van der Waals surface area contributed by atoms with E-state index in [4.69, 9.17) is 5.73 Å². The second-order valence-corrected chi connectivity index (χ2v) is 9.52. The molecule has 0 radical (unpaired) electrons. The number of hydrogen-bond donors (Lipinski definition) is 5. The van der Waals surface area contributed by atoms with E-state index in [2.05, 4.69) is 16.0 Å². The van der Waals surface area contributed by atoms with Gasteiger partial charge in [0.2, 0.25) is 17.7 Å². The molecular formula is C22H34N4O5S2. The number of carbonyl (C=O) groups is 4. The molecule has 9 nitrogen and oxygen atoms in total. The summed E-state index contributed by atoms with van der Waals surface area (Å²) >= 11 is 2.98. The molecule has 4 unspecified atom stereocenters. The van der Waals surface area contributed by atoms with Crippen molar-refractivity contribution in [2.45, 2.75) is 50.4 Å². The number of carbonyl (C=O) groups excluding carboxylic acids is 3. The fourth-order valence-corrected chi connectivity index (χ4v) is 3.86. The number of carboxylic acids is 1. The monoisotopic (exact) mass is 498 g/mol. The molecule has 0 aliphatic heterocycles. The van der Waals surface area contributed by atoms with Crippen LogP contribution in [0.2, 0.25) is 0 Å². The van der Waals surface area contributed by atoms with Crippen molar-refractivity contribution in [2.75, 3.05) is 24.0 Å². The second kappa shape index (κ2) is 15.6. The molecule has 0 aromatic heterocycles. The zero-order valence-corrected chi connectivity index (χ0v) is 20.8. The third-order valence-corrected chi connectivity index (χ3v) is 6.14. The molecule has 33 heavy (non-hydrogen) atoms. The maximum Gasteiger partial charge on any atom is 0.326 e. The van der Waals surface area contributed by atoms with Crippen LogP contribution in [0, 0.1) is 0 Å². The average molecular weight is 499 g/mol. The zero-order valence-electron chi connectivity index (χ0n) is 19.2. The van der Waals surface area contributed by atoms with E-state index in [1.165, 1.54) is 30.4 Å². The summed E-state index contributed by atoms with van der Waals surface area (Å²) in [5.74, 6) is -1.55. The molecule has 0 aliphatic rings. The largest absolute Gasteiger partial charge is 0.480 e. The van der Waals surface area contributed by atoms with Crippen LogP contribution in [0.1, 0.15) is 25.3 Å². The first-order chi connectivity index (χ1) is 15.7. The Hall–Kier alpha value is -2.24. The number of carboxylic acid groups (broad SMARTS) is 1. The van der Waals surface area contributed by atoms with E-state index in [9.17, 15) is 24.3 Å². The third-order valence-electron chi connectivity index (χ3n) is 4.86. The van der Waals surface area contributed by atoms with E-state index in [1.807, 2.05) is 42.8 Å². The lowest BCUT2D eigenvalue weighted by Crippen LogP contribution is -2.56. The van der Waals surface area contributed by atoms with Gasteiger partial charge in [0, 0.05) is 0 Å². The molecular weight excluding hydrogens is 464 g/mol. The third kappa shape index (κ3) is 11.0. The van der Waals surface area contributed by atoms with Gasteiger partial charge in [-0.15, -0.1) is 0 Å². The van der Waals surface area contributed by atoms with Gasteiger partial charge in [-0.3, -0.25) is 14.4 Å². The molecule has 0 saturated heterocycles. The molecule has 4 atom stereocenters. The maximum atomic E-state index is 12.7. The molecule has 6 N–H and O–H groups in total. The van der Waals surface area contributed by atoms with Crippen LogP contribution in [0.4, 0.5) is 0 Å². The van der Waals surface area contributed by atoms with Crippen molar-refractivity contribution in [3.8, 4) is 0 Å². The number of thioether (sulfide) groups is 2. The van der Waals surface area contributed by atoms with Crippen molar-refractivity contribution in [3.05, 3.63) is 35.9 Å². The van der Waals surface area contributed by atoms with E-state index < -0.39 is 47.9 Å². The van der Waals surface area contributed by atoms with Crippen LogP contribution in [0.15, 0.2) is 30.3 Å². The molecule has 0 spiro atoms. The van der Waals surface area contributed by atoms with Crippen LogP contribution >= 0.6 is 23.5 Å². The molecule has 0 fully saturated rings. The first-order valence-electron chi connectivity index (χ1n) is 10.6. The number of hydrogen-bond acceptors (Lipinski definition) is 7. The van der Waals surface area contributed by atoms with Crippen molar-refractivity contribution < 1.29 is 24.3 Å². The van der Waals surface area contributed by atoms with Gasteiger partial charge in [-0.1, -0.05) is 30.3 Å². The van der Waals surface area contributed by atoms with E-state index in [-0.39, 0.29) is 6.42 Å². The fourth-order valence-electron chi connectivity index (χ4n) is 2.91. The van der Waals surface area contributed by atoms with Crippen molar-refractivity contribution >= 4 is 47.2 Å². The van der Waals surface area contributed by atoms with Gasteiger partial charge in [-0.05, 0) is 55.8 Å². The number of aliphatic carboxylic acids is 1. The summed E-state index contributed by atoms with van der Waals surface area (Å²) in [6.07, 6.45) is 4.64. The van der Waals surface area contributed by atoms with Crippen molar-refractivity contribution in [1.29, 1.82) is 0 Å². The van der Waals surface area contributed by atoms with Crippen LogP contribution in [-0.2, 0) is 25.6 Å². The topological polar surface area (TPSA) is 151 Å². The summed E-state index contributed by atoms with van der Waals surface area (Å²) in [6, 6.07) is 5.60. The summed E-state index contributed by atoms with van der Waals surface area (Å²) in [6.45, 7) is 1.50. The Balaban J connectivity index is 2.70. The van der Waals surface area contributed by atoms with Crippen LogP contribution in [0.5, 0.6) is 0 Å². The maximum absolute atomic E-state index is 12.7. The van der Waals surface area contributed by atoms with Gasteiger partial charge in [0.1, 0.15) is 18.1 Å². The molecule has 184 valence electrons. The van der Waals surface area contributed by atoms with Gasteiger partial charge >= 0.3 is 5.97 Å². The molecule has 0 heterocycles. The Morgan fingerprint density at radius 2 is 1.42 bits per heavy atom. The fraction of sp³-hybridized carbons (Fsp3) is 0.545. The lowest BCUT2D eigenvalue weighted by Gasteiger charge is -2.23. The first kappa shape index (κ1) is 28.8. The number of nitrogens with two attached hydrogens (primary N) is 1. The minimum absolute atomic E-state index is 0.275. The van der Waals surface area contributed by atoms with Gasteiger partial charge in [-0.25, -0.2) is 4.79 Å². The van der Waals surface area contributed by atoms with Gasteiger partial charge < -0.3 is 26.8 Å². The Bertz CT molecular complexity index is 781. The van der Waals surface area contributed by atoms with Crippen molar-refractivity contribution in [3.63, 3.8) is 0 Å². The molecule has 0 saturated carbocycles. The molecule has 1 aromatic carbocycles. The molecule has 11 heteroatoms. The Kier molecular flexibility index (Phi) is 13.6. The average Bonchev–Trinajstić information content (AvgIpc) is 2.79. The van der Waals surface area contributed by atoms with Gasteiger partial charge in [-0.2, -0.15) is 23.5 Å². The van der Waals surface area contributed by atoms with Crippen LogP contribution in [0.3, 0.4) is 0 Å². The minimum Gasteiger partial charge on any atom is -0.480 e. The Morgan fingerprint density at radius 3 is 1.97 bits per heavy atom. The second-order valence-electron chi connectivity index (χ2n) is 7.55. The van der Waals surface area contributed by atoms with Crippen molar-refractivity contribution in [1.82, 2.24) is 16.0 Å². The summed E-state index contributed by atoms with van der Waals surface area (Å²) in [7, 11) is 0. The van der Waals surface area contributed by atoms with Crippen LogP contribution in [0.25, 0.3) is 0 Å². The quantitative estimate of drug-likeness (QED) is 0.236. The number of benzene rings is 1. The lowest BCUT2D eigenvalue weighted by molar-refractivity contribution is -0.142. The van der Waals surface area contributed by atoms with E-state index >= 15 is 0 Å². The number of amides is 3. The number of rotatable bonds is 15. The molecule has 3 amide bonds. The highest BCUT2D eigenvalue weighted by molar-refractivity contribution is 7.98. The molecule has 0 aliphatic carbocycles. The molecule has 1 rings (SSSR count). The minimum atomic E-state index is -1.12. The van der Waals surface area contributed by atoms with Crippen LogP contribution < -0.4 is 21.7 Å². The normalized spacial score (nSPS) is 14.4. The smallest absolute Gasteiger partial charge is 0.326 e. The SMILES string of the molecule is CSCCC(NC(=O)C(CCSC)NC(=O)C(C)NC(=O)C(N)Cc1ccccc1)C(=O)O. The summed E-state index contributed by atoms with van der Waals surface area (Å²) < 4.78 is 0.